The van der Waals surface area contributed by atoms with Crippen LogP contribution in [0.3, 0.4) is 0 Å². The van der Waals surface area contributed by atoms with Crippen molar-refractivity contribution in [1.29, 1.82) is 0 Å². The number of amides is 1. The van der Waals surface area contributed by atoms with E-state index >= 15 is 0 Å². The van der Waals surface area contributed by atoms with Crippen molar-refractivity contribution >= 4 is 22.6 Å². The molecule has 0 bridgehead atoms. The lowest BCUT2D eigenvalue weighted by atomic mass is 10.1. The maximum atomic E-state index is 13.0. The highest BCUT2D eigenvalue weighted by Gasteiger charge is 2.25. The van der Waals surface area contributed by atoms with Gasteiger partial charge >= 0.3 is 0 Å². The third kappa shape index (κ3) is 2.35. The summed E-state index contributed by atoms with van der Waals surface area (Å²) in [5.74, 6) is 0.0273. The second-order valence-corrected chi connectivity index (χ2v) is 6.44. The van der Waals surface area contributed by atoms with Crippen molar-refractivity contribution in [2.45, 2.75) is 27.2 Å². The number of anilines is 1. The molecule has 1 aliphatic rings. The molecule has 24 heavy (non-hydrogen) atoms. The molecule has 120 valence electrons. The quantitative estimate of drug-likeness (QED) is 0.686. The summed E-state index contributed by atoms with van der Waals surface area (Å²) >= 11 is 0. The van der Waals surface area contributed by atoms with E-state index in [1.165, 1.54) is 11.1 Å². The summed E-state index contributed by atoms with van der Waals surface area (Å²) in [7, 11) is 0. The van der Waals surface area contributed by atoms with Gasteiger partial charge in [-0.1, -0.05) is 17.7 Å². The molecular weight excluding hydrogens is 298 g/mol. The molecule has 0 aliphatic carbocycles. The van der Waals surface area contributed by atoms with Gasteiger partial charge in [0.2, 0.25) is 0 Å². The molecule has 1 aliphatic heterocycles. The summed E-state index contributed by atoms with van der Waals surface area (Å²) in [6.07, 6.45) is 0.911. The summed E-state index contributed by atoms with van der Waals surface area (Å²) in [6, 6.07) is 11.9. The Morgan fingerprint density at radius 2 is 1.71 bits per heavy atom. The van der Waals surface area contributed by atoms with Crippen LogP contribution in [0, 0.1) is 20.8 Å². The highest BCUT2D eigenvalue weighted by Crippen LogP contribution is 2.30. The zero-order valence-electron chi connectivity index (χ0n) is 14.1. The molecule has 4 nitrogen and oxygen atoms in total. The lowest BCUT2D eigenvalue weighted by molar-refractivity contribution is 0.0989. The number of benzene rings is 2. The van der Waals surface area contributed by atoms with Gasteiger partial charge in [0.1, 0.15) is 0 Å². The van der Waals surface area contributed by atoms with Crippen LogP contribution in [0.25, 0.3) is 11.0 Å². The molecular formula is C20H19N3O. The van der Waals surface area contributed by atoms with Crippen molar-refractivity contribution in [2.24, 2.45) is 0 Å². The zero-order valence-corrected chi connectivity index (χ0v) is 14.1. The fourth-order valence-corrected chi connectivity index (χ4v) is 3.26. The number of hydrogen-bond acceptors (Lipinski definition) is 3. The smallest absolute Gasteiger partial charge is 0.258 e. The van der Waals surface area contributed by atoms with Gasteiger partial charge in [-0.2, -0.15) is 0 Å². The summed E-state index contributed by atoms with van der Waals surface area (Å²) in [5.41, 5.74) is 7.58. The summed E-state index contributed by atoms with van der Waals surface area (Å²) in [6.45, 7) is 6.70. The van der Waals surface area contributed by atoms with Crippen molar-refractivity contribution in [3.63, 3.8) is 0 Å². The van der Waals surface area contributed by atoms with E-state index in [-0.39, 0.29) is 5.91 Å². The molecule has 1 aromatic heterocycles. The second kappa shape index (κ2) is 5.41. The van der Waals surface area contributed by atoms with Crippen LogP contribution in [0.2, 0.25) is 0 Å². The molecule has 0 saturated heterocycles. The monoisotopic (exact) mass is 317 g/mol. The lowest BCUT2D eigenvalue weighted by Crippen LogP contribution is -2.28. The molecule has 0 atom stereocenters. The first kappa shape index (κ1) is 14.8. The molecule has 0 radical (unpaired) electrons. The third-order valence-electron chi connectivity index (χ3n) is 4.70. The molecule has 4 rings (SSSR count). The Labute approximate surface area is 141 Å². The van der Waals surface area contributed by atoms with Crippen LogP contribution in [0.4, 0.5) is 5.69 Å². The molecule has 0 N–H and O–H groups in total. The van der Waals surface area contributed by atoms with E-state index in [0.29, 0.717) is 5.56 Å². The van der Waals surface area contributed by atoms with Crippen LogP contribution in [-0.4, -0.2) is 22.4 Å². The lowest BCUT2D eigenvalue weighted by Gasteiger charge is -2.18. The Hall–Kier alpha value is -2.75. The number of aryl methyl sites for hydroxylation is 3. The number of fused-ring (bicyclic) bond motifs is 2. The molecule has 2 aromatic carbocycles. The molecule has 0 spiro atoms. The van der Waals surface area contributed by atoms with E-state index in [1.807, 2.05) is 43.0 Å². The van der Waals surface area contributed by atoms with Crippen LogP contribution < -0.4 is 4.90 Å². The van der Waals surface area contributed by atoms with Gasteiger partial charge in [0.15, 0.2) is 0 Å². The van der Waals surface area contributed by atoms with E-state index in [9.17, 15) is 4.79 Å². The van der Waals surface area contributed by atoms with Crippen molar-refractivity contribution in [2.75, 3.05) is 11.4 Å². The Morgan fingerprint density at radius 3 is 2.50 bits per heavy atom. The number of hydrogen-bond donors (Lipinski definition) is 0. The Bertz CT molecular complexity index is 978. The van der Waals surface area contributed by atoms with Crippen molar-refractivity contribution < 1.29 is 4.79 Å². The fourth-order valence-electron chi connectivity index (χ4n) is 3.26. The van der Waals surface area contributed by atoms with Crippen molar-refractivity contribution in [3.05, 3.63) is 64.5 Å². The maximum Gasteiger partial charge on any atom is 0.258 e. The van der Waals surface area contributed by atoms with Crippen LogP contribution in [0.15, 0.2) is 36.4 Å². The van der Waals surface area contributed by atoms with Crippen LogP contribution in [-0.2, 0) is 6.42 Å². The van der Waals surface area contributed by atoms with E-state index in [2.05, 4.69) is 29.0 Å². The number of aromatic nitrogens is 2. The minimum Gasteiger partial charge on any atom is -0.308 e. The fraction of sp³-hybridized carbons (Fsp3) is 0.250. The van der Waals surface area contributed by atoms with Crippen molar-refractivity contribution in [1.82, 2.24) is 9.97 Å². The van der Waals surface area contributed by atoms with Gasteiger partial charge in [-0.05, 0) is 57.0 Å². The van der Waals surface area contributed by atoms with E-state index < -0.39 is 0 Å². The van der Waals surface area contributed by atoms with Gasteiger partial charge in [-0.25, -0.2) is 9.97 Å². The van der Waals surface area contributed by atoms with E-state index in [4.69, 9.17) is 0 Å². The topological polar surface area (TPSA) is 46.1 Å². The van der Waals surface area contributed by atoms with Gasteiger partial charge in [-0.3, -0.25) is 4.79 Å². The number of carbonyl (C=O) groups is 1. The zero-order chi connectivity index (χ0) is 16.8. The Kier molecular flexibility index (Phi) is 3.34. The van der Waals surface area contributed by atoms with Gasteiger partial charge < -0.3 is 4.90 Å². The number of rotatable bonds is 1. The molecule has 0 unspecified atom stereocenters. The molecule has 0 saturated carbocycles. The highest BCUT2D eigenvalue weighted by molar-refractivity contribution is 6.08. The van der Waals surface area contributed by atoms with Gasteiger partial charge in [0.25, 0.3) is 5.91 Å². The molecule has 4 heteroatoms. The summed E-state index contributed by atoms with van der Waals surface area (Å²) in [5, 5.41) is 0. The average Bonchev–Trinajstić information content (AvgIpc) is 2.97. The predicted octanol–water partition coefficient (Wildman–Crippen LogP) is 3.76. The largest absolute Gasteiger partial charge is 0.308 e. The molecule has 2 heterocycles. The van der Waals surface area contributed by atoms with Gasteiger partial charge in [0.05, 0.1) is 22.4 Å². The molecule has 3 aromatic rings. The maximum absolute atomic E-state index is 13.0. The van der Waals surface area contributed by atoms with E-state index in [1.54, 1.807) is 0 Å². The van der Waals surface area contributed by atoms with Crippen LogP contribution in [0.5, 0.6) is 0 Å². The summed E-state index contributed by atoms with van der Waals surface area (Å²) in [4.78, 5) is 23.9. The summed E-state index contributed by atoms with van der Waals surface area (Å²) < 4.78 is 0. The van der Waals surface area contributed by atoms with Crippen LogP contribution >= 0.6 is 0 Å². The minimum atomic E-state index is 0.0273. The first-order valence-electron chi connectivity index (χ1n) is 8.19. The van der Waals surface area contributed by atoms with Gasteiger partial charge in [0, 0.05) is 17.8 Å². The predicted molar refractivity (Wildman–Crippen MR) is 95.6 cm³/mol. The highest BCUT2D eigenvalue weighted by atomic mass is 16.2. The number of nitrogens with zero attached hydrogens (tertiary/aromatic N) is 3. The first-order chi connectivity index (χ1) is 11.5. The number of carbonyl (C=O) groups excluding carboxylic acids is 1. The van der Waals surface area contributed by atoms with Crippen molar-refractivity contribution in [3.8, 4) is 0 Å². The minimum absolute atomic E-state index is 0.0273. The standard InChI is InChI=1S/C20H19N3O/c1-12-4-7-19-15(10-12)8-9-23(19)20(24)16-5-6-17-18(11-16)22-14(3)13(2)21-17/h4-7,10-11H,8-9H2,1-3H3. The SMILES string of the molecule is Cc1ccc2c(c1)CCN2C(=O)c1ccc2nc(C)c(C)nc2c1. The Morgan fingerprint density at radius 1 is 0.958 bits per heavy atom. The average molecular weight is 317 g/mol. The normalized spacial score (nSPS) is 13.4. The Balaban J connectivity index is 1.73. The molecule has 1 amide bonds. The third-order valence-corrected chi connectivity index (χ3v) is 4.70. The van der Waals surface area contributed by atoms with Gasteiger partial charge in [-0.15, -0.1) is 0 Å². The van der Waals surface area contributed by atoms with E-state index in [0.717, 1.165) is 41.1 Å². The first-order valence-corrected chi connectivity index (χ1v) is 8.19. The second-order valence-electron chi connectivity index (χ2n) is 6.44. The van der Waals surface area contributed by atoms with Crippen LogP contribution in [0.1, 0.15) is 32.9 Å². The molecule has 0 fully saturated rings.